The lowest BCUT2D eigenvalue weighted by Crippen LogP contribution is -2.30. The van der Waals surface area contributed by atoms with Crippen molar-refractivity contribution < 1.29 is 9.53 Å². The summed E-state index contributed by atoms with van der Waals surface area (Å²) in [5, 5.41) is 11.5. The lowest BCUT2D eigenvalue weighted by atomic mass is 10.00. The zero-order valence-corrected chi connectivity index (χ0v) is 27.4. The Hall–Kier alpha value is -4.36. The Morgan fingerprint density at radius 1 is 1.02 bits per heavy atom. The number of anilines is 2. The fourth-order valence-corrected chi connectivity index (χ4v) is 6.33. The summed E-state index contributed by atoms with van der Waals surface area (Å²) in [7, 11) is 0. The van der Waals surface area contributed by atoms with Gasteiger partial charge in [-0.25, -0.2) is 19.7 Å². The van der Waals surface area contributed by atoms with E-state index < -0.39 is 6.03 Å². The SMILES string of the molecule is CCCCn1c(=O)c(NC(=O)Nc2c(SC)cc(C)nc2SC)c(-c2cccc(OCCCn3cncn3)c2)c2cccnc21. The van der Waals surface area contributed by atoms with Crippen LogP contribution in [0.25, 0.3) is 22.2 Å². The van der Waals surface area contributed by atoms with E-state index in [2.05, 4.69) is 37.6 Å². The number of hydrogen-bond acceptors (Lipinski definition) is 9. The van der Waals surface area contributed by atoms with Crippen LogP contribution in [0, 0.1) is 6.92 Å². The van der Waals surface area contributed by atoms with Crippen LogP contribution in [0.2, 0.25) is 0 Å². The Labute approximate surface area is 270 Å². The quantitative estimate of drug-likeness (QED) is 0.106. The second-order valence-corrected chi connectivity index (χ2v) is 11.9. The Kier molecular flexibility index (Phi) is 10.7. The number of amides is 2. The van der Waals surface area contributed by atoms with Crippen LogP contribution in [-0.2, 0) is 13.1 Å². The number of thioether (sulfide) groups is 2. The number of unbranched alkanes of at least 4 members (excludes halogenated alkanes) is 1. The van der Waals surface area contributed by atoms with Gasteiger partial charge in [-0.1, -0.05) is 25.5 Å². The molecule has 234 valence electrons. The Morgan fingerprint density at radius 3 is 2.62 bits per heavy atom. The van der Waals surface area contributed by atoms with Crippen LogP contribution in [0.15, 0.2) is 76.0 Å². The maximum atomic E-state index is 14.2. The van der Waals surface area contributed by atoms with Crippen molar-refractivity contribution in [3.05, 3.63) is 77.4 Å². The molecule has 2 N–H and O–H groups in total. The Morgan fingerprint density at radius 2 is 1.87 bits per heavy atom. The van der Waals surface area contributed by atoms with E-state index in [0.29, 0.717) is 47.4 Å². The topological polar surface area (TPSA) is 129 Å². The van der Waals surface area contributed by atoms with E-state index in [1.807, 2.05) is 61.9 Å². The van der Waals surface area contributed by atoms with Crippen LogP contribution in [-0.4, -0.2) is 54.4 Å². The fourth-order valence-electron chi connectivity index (χ4n) is 5.02. The van der Waals surface area contributed by atoms with Gasteiger partial charge in [0.25, 0.3) is 5.56 Å². The van der Waals surface area contributed by atoms with Crippen LogP contribution < -0.4 is 20.9 Å². The number of pyridine rings is 3. The van der Waals surface area contributed by atoms with Gasteiger partial charge in [0, 0.05) is 47.2 Å². The lowest BCUT2D eigenvalue weighted by Gasteiger charge is -2.19. The normalized spacial score (nSPS) is 11.1. The molecular formula is C32H36N8O3S2. The summed E-state index contributed by atoms with van der Waals surface area (Å²) in [5.41, 5.74) is 3.18. The van der Waals surface area contributed by atoms with E-state index >= 15 is 0 Å². The molecule has 0 bridgehead atoms. The number of nitrogens with one attached hydrogen (secondary N) is 2. The number of urea groups is 1. The molecule has 0 aliphatic rings. The third-order valence-corrected chi connectivity index (χ3v) is 8.56. The number of carbonyl (C=O) groups excluding carboxylic acids is 1. The van der Waals surface area contributed by atoms with Crippen molar-refractivity contribution in [1.82, 2.24) is 29.3 Å². The monoisotopic (exact) mass is 644 g/mol. The summed E-state index contributed by atoms with van der Waals surface area (Å²) in [6.07, 6.45) is 11.2. The number of carbonyl (C=O) groups is 1. The van der Waals surface area contributed by atoms with Gasteiger partial charge in [0.05, 0.1) is 12.3 Å². The number of fused-ring (bicyclic) bond motifs is 1. The summed E-state index contributed by atoms with van der Waals surface area (Å²) in [4.78, 5) is 41.9. The maximum Gasteiger partial charge on any atom is 0.323 e. The minimum Gasteiger partial charge on any atom is -0.494 e. The highest BCUT2D eigenvalue weighted by molar-refractivity contribution is 7.99. The van der Waals surface area contributed by atoms with Crippen LogP contribution in [0.3, 0.4) is 0 Å². The van der Waals surface area contributed by atoms with Gasteiger partial charge in [0.2, 0.25) is 0 Å². The molecule has 0 aliphatic heterocycles. The smallest absolute Gasteiger partial charge is 0.323 e. The molecule has 4 aromatic heterocycles. The molecule has 0 radical (unpaired) electrons. The van der Waals surface area contributed by atoms with E-state index in [9.17, 15) is 9.59 Å². The summed E-state index contributed by atoms with van der Waals surface area (Å²) in [6, 6.07) is 12.7. The second kappa shape index (κ2) is 15.1. The highest BCUT2D eigenvalue weighted by Crippen LogP contribution is 2.36. The van der Waals surface area contributed by atoms with E-state index in [-0.39, 0.29) is 11.2 Å². The summed E-state index contributed by atoms with van der Waals surface area (Å²) < 4.78 is 9.48. The largest absolute Gasteiger partial charge is 0.494 e. The molecule has 0 saturated heterocycles. The molecule has 13 heteroatoms. The Bertz CT molecular complexity index is 1820. The predicted octanol–water partition coefficient (Wildman–Crippen LogP) is 6.72. The predicted molar refractivity (Wildman–Crippen MR) is 182 cm³/mol. The van der Waals surface area contributed by atoms with Crippen molar-refractivity contribution in [2.45, 2.75) is 56.1 Å². The molecule has 0 aliphatic carbocycles. The standard InChI is InChI=1S/C32H36N8O3S2/c1-5-6-15-40-29-24(12-8-13-34-29)26(22-10-7-11-23(18-22)43-16-9-14-39-20-33-19-35-39)28(31(40)41)38-32(42)37-27-25(44-3)17-21(2)36-30(27)45-4/h7-8,10-13,17-20H,5-6,9,14-16H2,1-4H3,(H2,37,38,42). The van der Waals surface area contributed by atoms with E-state index in [1.165, 1.54) is 29.9 Å². The highest BCUT2D eigenvalue weighted by Gasteiger charge is 2.22. The van der Waals surface area contributed by atoms with Crippen molar-refractivity contribution in [3.8, 4) is 16.9 Å². The first kappa shape index (κ1) is 32.0. The third-order valence-electron chi connectivity index (χ3n) is 7.11. The molecule has 0 saturated carbocycles. The van der Waals surface area contributed by atoms with E-state index in [4.69, 9.17) is 4.74 Å². The van der Waals surface area contributed by atoms with Crippen molar-refractivity contribution in [3.63, 3.8) is 0 Å². The van der Waals surface area contributed by atoms with Gasteiger partial charge < -0.3 is 15.4 Å². The number of benzene rings is 1. The van der Waals surface area contributed by atoms with E-state index in [1.54, 1.807) is 21.8 Å². The molecule has 45 heavy (non-hydrogen) atoms. The lowest BCUT2D eigenvalue weighted by molar-refractivity contribution is 0.262. The molecule has 5 aromatic rings. The van der Waals surface area contributed by atoms with Crippen molar-refractivity contribution in [1.29, 1.82) is 0 Å². The van der Waals surface area contributed by atoms with Crippen LogP contribution in [0.5, 0.6) is 5.75 Å². The first-order valence-electron chi connectivity index (χ1n) is 14.7. The van der Waals surface area contributed by atoms with Gasteiger partial charge in [-0.3, -0.25) is 14.0 Å². The zero-order valence-electron chi connectivity index (χ0n) is 25.7. The molecule has 11 nitrogen and oxygen atoms in total. The number of rotatable bonds is 13. The van der Waals surface area contributed by atoms with Gasteiger partial charge in [0.1, 0.15) is 34.8 Å². The van der Waals surface area contributed by atoms with Crippen molar-refractivity contribution in [2.75, 3.05) is 29.8 Å². The molecule has 0 atom stereocenters. The second-order valence-electron chi connectivity index (χ2n) is 10.3. The number of nitrogens with zero attached hydrogens (tertiary/aromatic N) is 6. The molecular weight excluding hydrogens is 609 g/mol. The molecule has 1 aromatic carbocycles. The van der Waals surface area contributed by atoms with Crippen LogP contribution in [0.4, 0.5) is 16.2 Å². The minimum atomic E-state index is -0.532. The molecule has 2 amide bonds. The summed E-state index contributed by atoms with van der Waals surface area (Å²) in [6.45, 7) is 5.62. The fraction of sp³-hybridized carbons (Fsp3) is 0.312. The third kappa shape index (κ3) is 7.48. The highest BCUT2D eigenvalue weighted by atomic mass is 32.2. The average Bonchev–Trinajstić information content (AvgIpc) is 3.57. The zero-order chi connectivity index (χ0) is 31.8. The molecule has 0 fully saturated rings. The molecule has 4 heterocycles. The van der Waals surface area contributed by atoms with Crippen LogP contribution in [0.1, 0.15) is 31.9 Å². The maximum absolute atomic E-state index is 14.2. The van der Waals surface area contributed by atoms with Gasteiger partial charge >= 0.3 is 6.03 Å². The van der Waals surface area contributed by atoms with Gasteiger partial charge in [0.15, 0.2) is 0 Å². The minimum absolute atomic E-state index is 0.170. The Balaban J connectivity index is 1.54. The van der Waals surface area contributed by atoms with E-state index in [0.717, 1.165) is 40.8 Å². The van der Waals surface area contributed by atoms with Crippen LogP contribution >= 0.6 is 23.5 Å². The van der Waals surface area contributed by atoms with Gasteiger partial charge in [-0.2, -0.15) is 5.10 Å². The molecule has 5 rings (SSSR count). The van der Waals surface area contributed by atoms with Crippen molar-refractivity contribution in [2.24, 2.45) is 0 Å². The average molecular weight is 645 g/mol. The number of ether oxygens (including phenoxy) is 1. The molecule has 0 unspecified atom stereocenters. The first-order valence-corrected chi connectivity index (χ1v) is 17.1. The number of hydrogen-bond donors (Lipinski definition) is 2. The van der Waals surface area contributed by atoms with Gasteiger partial charge in [-0.15, -0.1) is 23.5 Å². The number of aromatic nitrogens is 6. The summed E-state index contributed by atoms with van der Waals surface area (Å²) in [5.74, 6) is 0.647. The van der Waals surface area contributed by atoms with Crippen molar-refractivity contribution >= 4 is 52.0 Å². The molecule has 0 spiro atoms. The number of aryl methyl sites for hydroxylation is 3. The van der Waals surface area contributed by atoms with Gasteiger partial charge in [-0.05, 0) is 61.8 Å². The first-order chi connectivity index (χ1) is 21.9. The summed E-state index contributed by atoms with van der Waals surface area (Å²) >= 11 is 2.97.